The van der Waals surface area contributed by atoms with Crippen LogP contribution < -0.4 is 9.47 Å². The third-order valence-electron chi connectivity index (χ3n) is 5.70. The maximum absolute atomic E-state index is 10.1. The molecule has 1 heterocycles. The molecule has 1 N–H and O–H groups in total. The van der Waals surface area contributed by atoms with Crippen LogP contribution in [0.4, 0.5) is 0 Å². The molecule has 0 aliphatic carbocycles. The lowest BCUT2D eigenvalue weighted by atomic mass is 10.1. The monoisotopic (exact) mass is 437 g/mol. The zero-order valence-electron chi connectivity index (χ0n) is 19.8. The number of benzene rings is 2. The molecule has 0 bridgehead atoms. The number of nitrogens with zero attached hydrogens (tertiary/aromatic N) is 3. The van der Waals surface area contributed by atoms with Crippen LogP contribution in [-0.2, 0) is 13.0 Å². The first-order chi connectivity index (χ1) is 15.5. The minimum absolute atomic E-state index is 0.322. The van der Waals surface area contributed by atoms with Crippen LogP contribution in [0.25, 0.3) is 5.69 Å². The Kier molecular flexibility index (Phi) is 8.31. The van der Waals surface area contributed by atoms with Crippen molar-refractivity contribution in [2.24, 2.45) is 0 Å². The number of hydrogen-bond donors (Lipinski definition) is 1. The van der Waals surface area contributed by atoms with E-state index in [2.05, 4.69) is 25.7 Å². The Balaban J connectivity index is 2.08. The average Bonchev–Trinajstić information content (AvgIpc) is 3.15. The summed E-state index contributed by atoms with van der Waals surface area (Å²) in [5.41, 5.74) is 2.99. The van der Waals surface area contributed by atoms with E-state index in [0.717, 1.165) is 41.3 Å². The van der Waals surface area contributed by atoms with Crippen LogP contribution in [0, 0.1) is 0 Å². The first kappa shape index (κ1) is 23.8. The van der Waals surface area contributed by atoms with Gasteiger partial charge in [0.15, 0.2) is 0 Å². The molecule has 32 heavy (non-hydrogen) atoms. The van der Waals surface area contributed by atoms with Crippen molar-refractivity contribution >= 4 is 0 Å². The lowest BCUT2D eigenvalue weighted by Crippen LogP contribution is -2.37. The van der Waals surface area contributed by atoms with Gasteiger partial charge in [-0.3, -0.25) is 4.90 Å². The van der Waals surface area contributed by atoms with Crippen molar-refractivity contribution < 1.29 is 14.6 Å². The van der Waals surface area contributed by atoms with Gasteiger partial charge < -0.3 is 14.6 Å². The van der Waals surface area contributed by atoms with Gasteiger partial charge in [-0.05, 0) is 63.1 Å². The Morgan fingerprint density at radius 2 is 1.66 bits per heavy atom. The highest BCUT2D eigenvalue weighted by atomic mass is 16.5. The van der Waals surface area contributed by atoms with Gasteiger partial charge >= 0.3 is 0 Å². The predicted molar refractivity (Wildman–Crippen MR) is 128 cm³/mol. The van der Waals surface area contributed by atoms with Crippen LogP contribution in [0.15, 0.2) is 54.6 Å². The Morgan fingerprint density at radius 1 is 1.00 bits per heavy atom. The quantitative estimate of drug-likeness (QED) is 0.446. The molecule has 3 rings (SSSR count). The van der Waals surface area contributed by atoms with Gasteiger partial charge in [-0.15, -0.1) is 0 Å². The van der Waals surface area contributed by atoms with E-state index in [1.54, 1.807) is 7.11 Å². The smallest absolute Gasteiger partial charge is 0.227 e. The Labute approximate surface area is 191 Å². The highest BCUT2D eigenvalue weighted by Gasteiger charge is 2.24. The molecule has 6 nitrogen and oxygen atoms in total. The molecular formula is C26H35N3O3. The summed E-state index contributed by atoms with van der Waals surface area (Å²) in [6.45, 7) is 9.55. The maximum atomic E-state index is 10.1. The number of ether oxygens (including phenoxy) is 2. The van der Waals surface area contributed by atoms with Crippen LogP contribution in [0.3, 0.4) is 0 Å². The molecule has 3 aromatic rings. The zero-order chi connectivity index (χ0) is 23.1. The van der Waals surface area contributed by atoms with E-state index in [-0.39, 0.29) is 0 Å². The summed E-state index contributed by atoms with van der Waals surface area (Å²) in [4.78, 5) is 2.30. The summed E-state index contributed by atoms with van der Waals surface area (Å²) in [6.07, 6.45) is 1.37. The Hall–Kier alpha value is -2.83. The summed E-state index contributed by atoms with van der Waals surface area (Å²) < 4.78 is 13.6. The van der Waals surface area contributed by atoms with Gasteiger partial charge in [-0.25, -0.2) is 4.68 Å². The summed E-state index contributed by atoms with van der Waals surface area (Å²) >= 11 is 0. The van der Waals surface area contributed by atoms with E-state index in [9.17, 15) is 5.11 Å². The molecule has 0 aliphatic heterocycles. The largest absolute Gasteiger partial charge is 0.497 e. The van der Waals surface area contributed by atoms with Crippen LogP contribution in [0.2, 0.25) is 0 Å². The Bertz CT molecular complexity index is 968. The van der Waals surface area contributed by atoms with E-state index in [4.69, 9.17) is 14.6 Å². The Morgan fingerprint density at radius 3 is 2.22 bits per heavy atom. The topological polar surface area (TPSA) is 59.8 Å². The molecule has 0 saturated heterocycles. The second kappa shape index (κ2) is 11.2. The minimum Gasteiger partial charge on any atom is -0.497 e. The van der Waals surface area contributed by atoms with Crippen LogP contribution in [0.5, 0.6) is 17.4 Å². The molecule has 0 spiro atoms. The van der Waals surface area contributed by atoms with Gasteiger partial charge in [0.05, 0.1) is 30.2 Å². The lowest BCUT2D eigenvalue weighted by molar-refractivity contribution is 0.0953. The molecule has 1 aromatic heterocycles. The maximum Gasteiger partial charge on any atom is 0.227 e. The number of aliphatic hydroxyl groups is 1. The molecule has 172 valence electrons. The van der Waals surface area contributed by atoms with Crippen molar-refractivity contribution in [3.63, 3.8) is 0 Å². The molecule has 2 aromatic carbocycles. The van der Waals surface area contributed by atoms with E-state index < -0.39 is 6.10 Å². The fraction of sp³-hybridized carbons (Fsp3) is 0.423. The van der Waals surface area contributed by atoms with Crippen molar-refractivity contribution in [3.05, 3.63) is 65.9 Å². The second-order valence-electron chi connectivity index (χ2n) is 8.14. The molecule has 2 atom stereocenters. The summed E-state index contributed by atoms with van der Waals surface area (Å²) in [5.74, 6) is 2.21. The lowest BCUT2D eigenvalue weighted by Gasteiger charge is -2.29. The molecule has 0 saturated carbocycles. The molecule has 0 amide bonds. The first-order valence-corrected chi connectivity index (χ1v) is 11.4. The number of aryl methyl sites for hydroxylation is 1. The summed E-state index contributed by atoms with van der Waals surface area (Å²) in [5, 5.41) is 15.0. The third kappa shape index (κ3) is 5.69. The van der Waals surface area contributed by atoms with E-state index in [1.807, 2.05) is 66.2 Å². The van der Waals surface area contributed by atoms with Crippen LogP contribution in [-0.4, -0.2) is 45.6 Å². The number of aliphatic hydroxyl groups excluding tert-OH is 1. The van der Waals surface area contributed by atoms with Gasteiger partial charge in [0.25, 0.3) is 0 Å². The molecular weight excluding hydrogens is 402 g/mol. The second-order valence-corrected chi connectivity index (χ2v) is 8.14. The highest BCUT2D eigenvalue weighted by Crippen LogP contribution is 2.33. The minimum atomic E-state index is -0.413. The van der Waals surface area contributed by atoms with Gasteiger partial charge in [0.1, 0.15) is 11.5 Å². The van der Waals surface area contributed by atoms with Crippen molar-refractivity contribution in [1.29, 1.82) is 0 Å². The number of hydrogen-bond acceptors (Lipinski definition) is 5. The standard InChI is InChI=1S/C26H35N3O3/c1-6-19(3)28(17-20(4)30)18-24-25(7-2)27-29(21-11-9-8-10-12-21)26(24)32-23-15-13-22(31-5)14-16-23/h8-16,19-20,30H,6-7,17-18H2,1-5H3/t19-,20+/m1/s1. The van der Waals surface area contributed by atoms with Crippen molar-refractivity contribution in [2.75, 3.05) is 13.7 Å². The van der Waals surface area contributed by atoms with E-state index >= 15 is 0 Å². The zero-order valence-corrected chi connectivity index (χ0v) is 19.8. The fourth-order valence-electron chi connectivity index (χ4n) is 3.73. The van der Waals surface area contributed by atoms with Crippen molar-refractivity contribution in [1.82, 2.24) is 14.7 Å². The molecule has 0 unspecified atom stereocenters. The van der Waals surface area contributed by atoms with Crippen LogP contribution >= 0.6 is 0 Å². The predicted octanol–water partition coefficient (Wildman–Crippen LogP) is 5.22. The van der Waals surface area contributed by atoms with E-state index in [1.165, 1.54) is 0 Å². The van der Waals surface area contributed by atoms with Gasteiger partial charge in [0.2, 0.25) is 5.88 Å². The van der Waals surface area contributed by atoms with Gasteiger partial charge in [0, 0.05) is 19.1 Å². The third-order valence-corrected chi connectivity index (χ3v) is 5.70. The number of para-hydroxylation sites is 1. The summed E-state index contributed by atoms with van der Waals surface area (Å²) in [6, 6.07) is 17.9. The molecule has 0 radical (unpaired) electrons. The van der Waals surface area contributed by atoms with Crippen molar-refractivity contribution in [3.8, 4) is 23.1 Å². The van der Waals surface area contributed by atoms with Gasteiger partial charge in [-0.1, -0.05) is 32.0 Å². The number of rotatable bonds is 11. The SMILES string of the molecule is CCc1nn(-c2ccccc2)c(Oc2ccc(OC)cc2)c1CN(C[C@H](C)O)[C@H](C)CC. The summed E-state index contributed by atoms with van der Waals surface area (Å²) in [7, 11) is 1.65. The van der Waals surface area contributed by atoms with Crippen LogP contribution in [0.1, 0.15) is 45.4 Å². The molecule has 6 heteroatoms. The average molecular weight is 438 g/mol. The normalized spacial score (nSPS) is 13.2. The first-order valence-electron chi connectivity index (χ1n) is 11.4. The highest BCUT2D eigenvalue weighted by molar-refractivity contribution is 5.44. The van der Waals surface area contributed by atoms with Crippen molar-refractivity contribution in [2.45, 2.75) is 59.2 Å². The number of aromatic nitrogens is 2. The van der Waals surface area contributed by atoms with E-state index in [0.29, 0.717) is 25.0 Å². The van der Waals surface area contributed by atoms with Gasteiger partial charge in [-0.2, -0.15) is 5.10 Å². The molecule has 0 aliphatic rings. The fourth-order valence-corrected chi connectivity index (χ4v) is 3.73. The number of methoxy groups -OCH3 is 1. The molecule has 0 fully saturated rings.